The average Bonchev–Trinajstić information content (AvgIpc) is 2.20. The Morgan fingerprint density at radius 1 is 1.43 bits per heavy atom. The minimum absolute atomic E-state index is 0.766. The van der Waals surface area contributed by atoms with Gasteiger partial charge in [0.15, 0.2) is 5.11 Å². The Bertz CT molecular complexity index is 323. The van der Waals surface area contributed by atoms with Gasteiger partial charge in [-0.25, -0.2) is 0 Å². The highest BCUT2D eigenvalue weighted by Crippen LogP contribution is 2.13. The van der Waals surface area contributed by atoms with Gasteiger partial charge in [-0.2, -0.15) is 0 Å². The molecule has 0 amide bonds. The van der Waals surface area contributed by atoms with E-state index in [1.807, 2.05) is 30.1 Å². The lowest BCUT2D eigenvalue weighted by Crippen LogP contribution is -2.30. The van der Waals surface area contributed by atoms with E-state index in [4.69, 9.17) is 12.2 Å². The van der Waals surface area contributed by atoms with Crippen LogP contribution in [-0.2, 0) is 0 Å². The third-order valence-electron chi connectivity index (χ3n) is 2.21. The highest BCUT2D eigenvalue weighted by atomic mass is 32.1. The number of thiocarbonyl (C=S) groups is 1. The fraction of sp³-hybridized carbons (Fsp3) is 0.364. The van der Waals surface area contributed by atoms with E-state index in [1.165, 1.54) is 5.56 Å². The van der Waals surface area contributed by atoms with E-state index in [0.717, 1.165) is 17.3 Å². The molecule has 0 bridgehead atoms. The molecule has 3 heteroatoms. The van der Waals surface area contributed by atoms with Crippen molar-refractivity contribution in [2.75, 3.05) is 18.9 Å². The molecule has 0 fully saturated rings. The average molecular weight is 208 g/mol. The second-order valence-corrected chi connectivity index (χ2v) is 3.65. The van der Waals surface area contributed by atoms with E-state index in [0.29, 0.717) is 0 Å². The summed E-state index contributed by atoms with van der Waals surface area (Å²) < 4.78 is 0. The van der Waals surface area contributed by atoms with E-state index >= 15 is 0 Å². The number of anilines is 1. The highest BCUT2D eigenvalue weighted by molar-refractivity contribution is 7.80. The molecular weight excluding hydrogens is 192 g/mol. The molecule has 0 aliphatic carbocycles. The Hall–Kier alpha value is -1.09. The molecule has 14 heavy (non-hydrogen) atoms. The zero-order chi connectivity index (χ0) is 10.6. The molecule has 0 spiro atoms. The van der Waals surface area contributed by atoms with Gasteiger partial charge in [-0.15, -0.1) is 0 Å². The first kappa shape index (κ1) is 11.0. The second kappa shape index (κ2) is 4.96. The Morgan fingerprint density at radius 2 is 2.07 bits per heavy atom. The van der Waals surface area contributed by atoms with Gasteiger partial charge in [-0.05, 0) is 37.7 Å². The van der Waals surface area contributed by atoms with Crippen molar-refractivity contribution >= 4 is 23.0 Å². The molecule has 0 aliphatic rings. The van der Waals surface area contributed by atoms with Crippen LogP contribution in [0.3, 0.4) is 0 Å². The highest BCUT2D eigenvalue weighted by Gasteiger charge is 2.02. The van der Waals surface area contributed by atoms with Gasteiger partial charge in [0, 0.05) is 19.3 Å². The quantitative estimate of drug-likeness (QED) is 0.752. The predicted octanol–water partition coefficient (Wildman–Crippen LogP) is 2.64. The van der Waals surface area contributed by atoms with Crippen LogP contribution in [0.5, 0.6) is 0 Å². The molecule has 1 rings (SSSR count). The number of benzene rings is 1. The summed E-state index contributed by atoms with van der Waals surface area (Å²) in [7, 11) is 1.98. The third kappa shape index (κ3) is 2.70. The van der Waals surface area contributed by atoms with Crippen LogP contribution in [0.4, 0.5) is 5.69 Å². The largest absolute Gasteiger partial charge is 0.352 e. The lowest BCUT2D eigenvalue weighted by atomic mass is 10.2. The maximum absolute atomic E-state index is 5.23. The molecule has 0 atom stereocenters. The summed E-state index contributed by atoms with van der Waals surface area (Å²) >= 11 is 5.23. The molecule has 2 nitrogen and oxygen atoms in total. The standard InChI is InChI=1S/C11H16N2S/c1-4-13(3)11(14)12-10-8-6-5-7-9(10)2/h5-8H,4H2,1-3H3,(H,12,14). The molecule has 1 aromatic carbocycles. The lowest BCUT2D eigenvalue weighted by Gasteiger charge is -2.19. The van der Waals surface area contributed by atoms with Gasteiger partial charge < -0.3 is 10.2 Å². The van der Waals surface area contributed by atoms with E-state index < -0.39 is 0 Å². The minimum Gasteiger partial charge on any atom is -0.352 e. The van der Waals surface area contributed by atoms with Gasteiger partial charge in [0.25, 0.3) is 0 Å². The van der Waals surface area contributed by atoms with Crippen molar-refractivity contribution in [2.45, 2.75) is 13.8 Å². The number of para-hydroxylation sites is 1. The maximum Gasteiger partial charge on any atom is 0.173 e. The Labute approximate surface area is 90.9 Å². The van der Waals surface area contributed by atoms with Gasteiger partial charge in [-0.3, -0.25) is 0 Å². The summed E-state index contributed by atoms with van der Waals surface area (Å²) in [4.78, 5) is 2.00. The summed E-state index contributed by atoms with van der Waals surface area (Å²) in [6.07, 6.45) is 0. The molecule has 76 valence electrons. The zero-order valence-corrected chi connectivity index (χ0v) is 9.69. The smallest absolute Gasteiger partial charge is 0.173 e. The van der Waals surface area contributed by atoms with Crippen molar-refractivity contribution in [3.63, 3.8) is 0 Å². The van der Waals surface area contributed by atoms with Gasteiger partial charge in [0.05, 0.1) is 0 Å². The first-order valence-electron chi connectivity index (χ1n) is 4.73. The summed E-state index contributed by atoms with van der Waals surface area (Å²) in [5.74, 6) is 0. The number of nitrogens with one attached hydrogen (secondary N) is 1. The molecule has 0 aromatic heterocycles. The summed E-state index contributed by atoms with van der Waals surface area (Å²) in [5.41, 5.74) is 2.29. The molecule has 0 unspecified atom stereocenters. The van der Waals surface area contributed by atoms with Crippen LogP contribution in [0.2, 0.25) is 0 Å². The SMILES string of the molecule is CCN(C)C(=S)Nc1ccccc1C. The summed E-state index contributed by atoms with van der Waals surface area (Å²) in [5, 5.41) is 3.98. The van der Waals surface area contributed by atoms with Crippen LogP contribution in [0.1, 0.15) is 12.5 Å². The Morgan fingerprint density at radius 3 is 2.64 bits per heavy atom. The molecule has 0 saturated carbocycles. The normalized spacial score (nSPS) is 9.64. The number of nitrogens with zero attached hydrogens (tertiary/aromatic N) is 1. The van der Waals surface area contributed by atoms with E-state index in [-0.39, 0.29) is 0 Å². The van der Waals surface area contributed by atoms with Crippen LogP contribution in [0.25, 0.3) is 0 Å². The molecule has 0 saturated heterocycles. The van der Waals surface area contributed by atoms with Crippen molar-refractivity contribution < 1.29 is 0 Å². The van der Waals surface area contributed by atoms with Gasteiger partial charge in [0.1, 0.15) is 0 Å². The van der Waals surface area contributed by atoms with Gasteiger partial charge >= 0.3 is 0 Å². The third-order valence-corrected chi connectivity index (χ3v) is 2.62. The molecule has 1 N–H and O–H groups in total. The first-order valence-corrected chi connectivity index (χ1v) is 5.13. The molecule has 1 aromatic rings. The van der Waals surface area contributed by atoms with E-state index in [2.05, 4.69) is 25.2 Å². The van der Waals surface area contributed by atoms with Crippen molar-refractivity contribution in [1.82, 2.24) is 4.90 Å². The van der Waals surface area contributed by atoms with Crippen LogP contribution >= 0.6 is 12.2 Å². The van der Waals surface area contributed by atoms with Crippen LogP contribution in [0.15, 0.2) is 24.3 Å². The topological polar surface area (TPSA) is 15.3 Å². The Kier molecular flexibility index (Phi) is 3.89. The number of hydrogen-bond donors (Lipinski definition) is 1. The fourth-order valence-electron chi connectivity index (χ4n) is 1.07. The van der Waals surface area contributed by atoms with Crippen molar-refractivity contribution in [3.8, 4) is 0 Å². The number of rotatable bonds is 2. The fourth-order valence-corrected chi connectivity index (χ4v) is 1.31. The van der Waals surface area contributed by atoms with Crippen LogP contribution in [0, 0.1) is 6.92 Å². The van der Waals surface area contributed by atoms with Crippen molar-refractivity contribution in [1.29, 1.82) is 0 Å². The van der Waals surface area contributed by atoms with Crippen LogP contribution in [-0.4, -0.2) is 23.6 Å². The van der Waals surface area contributed by atoms with Gasteiger partial charge in [0.2, 0.25) is 0 Å². The van der Waals surface area contributed by atoms with Crippen molar-refractivity contribution in [2.24, 2.45) is 0 Å². The number of hydrogen-bond acceptors (Lipinski definition) is 1. The predicted molar refractivity (Wildman–Crippen MR) is 65.7 cm³/mol. The Balaban J connectivity index is 2.70. The molecule has 0 heterocycles. The van der Waals surface area contributed by atoms with E-state index in [1.54, 1.807) is 0 Å². The monoisotopic (exact) mass is 208 g/mol. The minimum atomic E-state index is 0.766. The van der Waals surface area contributed by atoms with E-state index in [9.17, 15) is 0 Å². The lowest BCUT2D eigenvalue weighted by molar-refractivity contribution is 0.544. The van der Waals surface area contributed by atoms with Crippen LogP contribution < -0.4 is 5.32 Å². The van der Waals surface area contributed by atoms with Gasteiger partial charge in [-0.1, -0.05) is 18.2 Å². The zero-order valence-electron chi connectivity index (χ0n) is 8.87. The molecular formula is C11H16N2S. The molecule has 0 radical (unpaired) electrons. The maximum atomic E-state index is 5.23. The summed E-state index contributed by atoms with van der Waals surface area (Å²) in [6, 6.07) is 8.12. The second-order valence-electron chi connectivity index (χ2n) is 3.26. The molecule has 0 aliphatic heterocycles. The van der Waals surface area contributed by atoms with Crippen molar-refractivity contribution in [3.05, 3.63) is 29.8 Å². The number of aryl methyl sites for hydroxylation is 1. The summed E-state index contributed by atoms with van der Waals surface area (Å²) in [6.45, 7) is 5.06. The first-order chi connectivity index (χ1) is 6.65.